The lowest BCUT2D eigenvalue weighted by atomic mass is 9.95. The number of carbonyl (C=O) groups excluding carboxylic acids is 3. The van der Waals surface area contributed by atoms with E-state index in [0.29, 0.717) is 0 Å². The standard InChI is InChI=1S/C12H12ClNO4/c1-7(9(15)6-10(16)18-2)11(17)8-4-3-5-14-12(8)13/h3-5,7H,6H2,1-2H3. The predicted molar refractivity (Wildman–Crippen MR) is 64.4 cm³/mol. The third-order valence-corrected chi connectivity index (χ3v) is 2.75. The minimum atomic E-state index is -0.953. The number of ether oxygens (including phenoxy) is 1. The van der Waals surface area contributed by atoms with Gasteiger partial charge in [0.25, 0.3) is 0 Å². The van der Waals surface area contributed by atoms with Gasteiger partial charge in [0.2, 0.25) is 0 Å². The Morgan fingerprint density at radius 1 is 1.44 bits per heavy atom. The molecule has 0 fully saturated rings. The van der Waals surface area contributed by atoms with Crippen LogP contribution < -0.4 is 0 Å². The van der Waals surface area contributed by atoms with Crippen LogP contribution in [0.1, 0.15) is 23.7 Å². The molecule has 1 rings (SSSR count). The lowest BCUT2D eigenvalue weighted by Crippen LogP contribution is -2.24. The second kappa shape index (κ2) is 6.26. The number of methoxy groups -OCH3 is 1. The average molecular weight is 270 g/mol. The monoisotopic (exact) mass is 269 g/mol. The summed E-state index contributed by atoms with van der Waals surface area (Å²) >= 11 is 5.77. The van der Waals surface area contributed by atoms with Crippen LogP contribution in [-0.4, -0.2) is 29.6 Å². The van der Waals surface area contributed by atoms with Gasteiger partial charge in [-0.2, -0.15) is 0 Å². The highest BCUT2D eigenvalue weighted by Gasteiger charge is 2.26. The lowest BCUT2D eigenvalue weighted by molar-refractivity contribution is -0.143. The molecule has 1 atom stereocenters. The van der Waals surface area contributed by atoms with E-state index in [4.69, 9.17) is 11.6 Å². The van der Waals surface area contributed by atoms with Crippen molar-refractivity contribution in [2.75, 3.05) is 7.11 Å². The van der Waals surface area contributed by atoms with E-state index in [1.54, 1.807) is 6.07 Å². The molecule has 0 spiro atoms. The molecule has 1 unspecified atom stereocenters. The van der Waals surface area contributed by atoms with Crippen molar-refractivity contribution in [1.29, 1.82) is 0 Å². The molecule has 0 aromatic carbocycles. The van der Waals surface area contributed by atoms with E-state index in [0.717, 1.165) is 0 Å². The number of Topliss-reactive ketones (excluding diaryl/α,β-unsaturated/α-hetero) is 2. The van der Waals surface area contributed by atoms with Crippen molar-refractivity contribution in [3.63, 3.8) is 0 Å². The Hall–Kier alpha value is -1.75. The van der Waals surface area contributed by atoms with E-state index < -0.39 is 29.9 Å². The smallest absolute Gasteiger partial charge is 0.313 e. The second-order valence-electron chi connectivity index (χ2n) is 3.65. The Labute approximate surface area is 109 Å². The van der Waals surface area contributed by atoms with Gasteiger partial charge in [-0.1, -0.05) is 11.6 Å². The number of rotatable bonds is 5. The number of hydrogen-bond acceptors (Lipinski definition) is 5. The Kier molecular flexibility index (Phi) is 4.97. The van der Waals surface area contributed by atoms with E-state index in [1.807, 2.05) is 0 Å². The largest absolute Gasteiger partial charge is 0.469 e. The number of nitrogens with zero attached hydrogens (tertiary/aromatic N) is 1. The van der Waals surface area contributed by atoms with Crippen molar-refractivity contribution >= 4 is 29.1 Å². The van der Waals surface area contributed by atoms with Crippen LogP contribution in [0.3, 0.4) is 0 Å². The van der Waals surface area contributed by atoms with Crippen molar-refractivity contribution in [2.24, 2.45) is 5.92 Å². The van der Waals surface area contributed by atoms with E-state index >= 15 is 0 Å². The molecule has 0 radical (unpaired) electrons. The first kappa shape index (κ1) is 14.3. The summed E-state index contributed by atoms with van der Waals surface area (Å²) in [5, 5.41) is 0.0419. The summed E-state index contributed by atoms with van der Waals surface area (Å²) in [6.45, 7) is 1.43. The third-order valence-electron chi connectivity index (χ3n) is 2.45. The summed E-state index contributed by atoms with van der Waals surface area (Å²) in [5.74, 6) is -2.59. The zero-order valence-electron chi connectivity index (χ0n) is 9.97. The molecular weight excluding hydrogens is 258 g/mol. The minimum Gasteiger partial charge on any atom is -0.469 e. The van der Waals surface area contributed by atoms with Crippen LogP contribution in [0.5, 0.6) is 0 Å². The zero-order valence-corrected chi connectivity index (χ0v) is 10.7. The SMILES string of the molecule is COC(=O)CC(=O)C(C)C(=O)c1cccnc1Cl. The first-order chi connectivity index (χ1) is 8.47. The van der Waals surface area contributed by atoms with E-state index in [2.05, 4.69) is 9.72 Å². The summed E-state index contributed by atoms with van der Waals surface area (Å²) in [7, 11) is 1.18. The van der Waals surface area contributed by atoms with Gasteiger partial charge in [0.1, 0.15) is 11.6 Å². The number of esters is 1. The Morgan fingerprint density at radius 2 is 2.11 bits per heavy atom. The van der Waals surface area contributed by atoms with Crippen LogP contribution >= 0.6 is 11.6 Å². The van der Waals surface area contributed by atoms with Crippen molar-refractivity contribution in [1.82, 2.24) is 4.98 Å². The third kappa shape index (κ3) is 3.37. The first-order valence-electron chi connectivity index (χ1n) is 5.21. The number of aromatic nitrogens is 1. The van der Waals surface area contributed by atoms with Crippen LogP contribution in [0.15, 0.2) is 18.3 Å². The van der Waals surface area contributed by atoms with Crippen molar-refractivity contribution in [3.05, 3.63) is 29.0 Å². The highest BCUT2D eigenvalue weighted by Crippen LogP contribution is 2.17. The zero-order chi connectivity index (χ0) is 13.7. The van der Waals surface area contributed by atoms with Gasteiger partial charge in [-0.3, -0.25) is 14.4 Å². The number of pyridine rings is 1. The van der Waals surface area contributed by atoms with Gasteiger partial charge in [0, 0.05) is 6.20 Å². The predicted octanol–water partition coefficient (Wildman–Crippen LogP) is 1.69. The summed E-state index contributed by atoms with van der Waals surface area (Å²) < 4.78 is 4.37. The molecular formula is C12H12ClNO4. The molecule has 18 heavy (non-hydrogen) atoms. The lowest BCUT2D eigenvalue weighted by Gasteiger charge is -2.09. The average Bonchev–Trinajstić information content (AvgIpc) is 2.37. The fourth-order valence-electron chi connectivity index (χ4n) is 1.32. The fraction of sp³-hybridized carbons (Fsp3) is 0.333. The Morgan fingerprint density at radius 3 is 2.67 bits per heavy atom. The van der Waals surface area contributed by atoms with Crippen LogP contribution in [-0.2, 0) is 14.3 Å². The van der Waals surface area contributed by atoms with Crippen molar-refractivity contribution in [3.8, 4) is 0 Å². The van der Waals surface area contributed by atoms with Gasteiger partial charge in [0.05, 0.1) is 18.6 Å². The quantitative estimate of drug-likeness (QED) is 0.352. The molecule has 0 amide bonds. The fourth-order valence-corrected chi connectivity index (χ4v) is 1.53. The normalized spacial score (nSPS) is 11.7. The van der Waals surface area contributed by atoms with E-state index in [1.165, 1.54) is 26.3 Å². The van der Waals surface area contributed by atoms with Gasteiger partial charge in [-0.25, -0.2) is 4.98 Å². The first-order valence-corrected chi connectivity index (χ1v) is 5.59. The van der Waals surface area contributed by atoms with Crippen LogP contribution in [0.4, 0.5) is 0 Å². The molecule has 0 N–H and O–H groups in total. The summed E-state index contributed by atoms with van der Waals surface area (Å²) in [6, 6.07) is 3.04. The molecule has 0 saturated carbocycles. The molecule has 1 aromatic heterocycles. The number of hydrogen-bond donors (Lipinski definition) is 0. The summed E-state index contributed by atoms with van der Waals surface area (Å²) in [5.41, 5.74) is 0.171. The Bertz CT molecular complexity index is 487. The van der Waals surface area contributed by atoms with E-state index in [9.17, 15) is 14.4 Å². The van der Waals surface area contributed by atoms with Gasteiger partial charge in [-0.15, -0.1) is 0 Å². The highest BCUT2D eigenvalue weighted by molar-refractivity contribution is 6.33. The van der Waals surface area contributed by atoms with Gasteiger partial charge in [-0.05, 0) is 19.1 Å². The van der Waals surface area contributed by atoms with Crippen LogP contribution in [0.25, 0.3) is 0 Å². The Balaban J connectivity index is 2.82. The van der Waals surface area contributed by atoms with Crippen LogP contribution in [0.2, 0.25) is 5.15 Å². The number of carbonyl (C=O) groups is 3. The molecule has 1 heterocycles. The highest BCUT2D eigenvalue weighted by atomic mass is 35.5. The van der Waals surface area contributed by atoms with Gasteiger partial charge < -0.3 is 4.74 Å². The summed E-state index contributed by atoms with van der Waals surface area (Å²) in [4.78, 5) is 38.4. The topological polar surface area (TPSA) is 73.3 Å². The maximum atomic E-state index is 12.0. The number of halogens is 1. The van der Waals surface area contributed by atoms with Gasteiger partial charge in [0.15, 0.2) is 11.6 Å². The summed E-state index contributed by atoms with van der Waals surface area (Å²) in [6.07, 6.45) is 1.02. The maximum Gasteiger partial charge on any atom is 0.313 e. The molecule has 6 heteroatoms. The van der Waals surface area contributed by atoms with Crippen molar-refractivity contribution in [2.45, 2.75) is 13.3 Å². The molecule has 0 aliphatic carbocycles. The molecule has 0 aliphatic rings. The molecule has 0 bridgehead atoms. The molecule has 0 saturated heterocycles. The molecule has 96 valence electrons. The van der Waals surface area contributed by atoms with E-state index in [-0.39, 0.29) is 10.7 Å². The minimum absolute atomic E-state index is 0.0419. The van der Waals surface area contributed by atoms with Gasteiger partial charge >= 0.3 is 5.97 Å². The molecule has 1 aromatic rings. The van der Waals surface area contributed by atoms with Crippen molar-refractivity contribution < 1.29 is 19.1 Å². The maximum absolute atomic E-state index is 12.0. The van der Waals surface area contributed by atoms with Crippen LogP contribution in [0, 0.1) is 5.92 Å². The number of ketones is 2. The molecule has 0 aliphatic heterocycles. The molecule has 5 nitrogen and oxygen atoms in total. The second-order valence-corrected chi connectivity index (χ2v) is 4.00.